The molecular formula is C31H31N. The van der Waals surface area contributed by atoms with E-state index in [1.807, 2.05) is 6.20 Å². The van der Waals surface area contributed by atoms with Crippen LogP contribution in [0.2, 0.25) is 0 Å². The lowest BCUT2D eigenvalue weighted by molar-refractivity contribution is 0.650. The second-order valence-corrected chi connectivity index (χ2v) is 9.81. The molecule has 1 heterocycles. The zero-order chi connectivity index (χ0) is 22.4. The van der Waals surface area contributed by atoms with E-state index < -0.39 is 0 Å². The zero-order valence-electron chi connectivity index (χ0n) is 19.7. The third-order valence-corrected chi connectivity index (χ3v) is 6.70. The molecule has 0 spiro atoms. The van der Waals surface area contributed by atoms with Crippen LogP contribution in [-0.4, -0.2) is 4.98 Å². The summed E-state index contributed by atoms with van der Waals surface area (Å²) < 4.78 is 0. The van der Waals surface area contributed by atoms with Crippen LogP contribution in [0.15, 0.2) is 72.9 Å². The highest BCUT2D eigenvalue weighted by Gasteiger charge is 2.15. The molecule has 0 bridgehead atoms. The van der Waals surface area contributed by atoms with Gasteiger partial charge in [-0.1, -0.05) is 76.2 Å². The first-order valence-electron chi connectivity index (χ1n) is 11.8. The average Bonchev–Trinajstić information content (AvgIpc) is 2.78. The third-order valence-electron chi connectivity index (χ3n) is 6.70. The van der Waals surface area contributed by atoms with Crippen LogP contribution >= 0.6 is 0 Å². The quantitative estimate of drug-likeness (QED) is 0.266. The fourth-order valence-corrected chi connectivity index (χ4v) is 5.25. The van der Waals surface area contributed by atoms with Crippen LogP contribution in [0.5, 0.6) is 0 Å². The highest BCUT2D eigenvalue weighted by molar-refractivity contribution is 6.11. The van der Waals surface area contributed by atoms with Crippen LogP contribution in [-0.2, 0) is 6.42 Å². The van der Waals surface area contributed by atoms with E-state index in [-0.39, 0.29) is 0 Å². The average molecular weight is 418 g/mol. The summed E-state index contributed by atoms with van der Waals surface area (Å²) in [7, 11) is 0. The van der Waals surface area contributed by atoms with Crippen molar-refractivity contribution in [1.82, 2.24) is 4.98 Å². The van der Waals surface area contributed by atoms with Gasteiger partial charge in [0.05, 0.1) is 5.69 Å². The van der Waals surface area contributed by atoms with E-state index in [1.54, 1.807) is 0 Å². The minimum atomic E-state index is 0.516. The summed E-state index contributed by atoms with van der Waals surface area (Å²) in [6.45, 7) is 11.4. The normalized spacial score (nSPS) is 12.0. The number of hydrogen-bond donors (Lipinski definition) is 0. The van der Waals surface area contributed by atoms with Gasteiger partial charge < -0.3 is 0 Å². The maximum atomic E-state index is 4.88. The SMILES string of the molecule is Cc1c(C(C)C)ccc2c(-c3cc(CC(C)C)c4c(ccc5ccccc54)c3)nccc12. The topological polar surface area (TPSA) is 12.9 Å². The molecule has 32 heavy (non-hydrogen) atoms. The summed E-state index contributed by atoms with van der Waals surface area (Å²) >= 11 is 0. The molecule has 160 valence electrons. The Morgan fingerprint density at radius 1 is 0.750 bits per heavy atom. The fourth-order valence-electron chi connectivity index (χ4n) is 5.25. The molecule has 5 aromatic rings. The zero-order valence-corrected chi connectivity index (χ0v) is 19.7. The molecule has 0 radical (unpaired) electrons. The molecular weight excluding hydrogens is 386 g/mol. The molecule has 1 nitrogen and oxygen atoms in total. The minimum Gasteiger partial charge on any atom is -0.256 e. The van der Waals surface area contributed by atoms with Crippen molar-refractivity contribution in [2.75, 3.05) is 0 Å². The van der Waals surface area contributed by atoms with E-state index in [1.165, 1.54) is 54.6 Å². The number of aryl methyl sites for hydroxylation is 1. The van der Waals surface area contributed by atoms with Gasteiger partial charge in [0, 0.05) is 17.1 Å². The fraction of sp³-hybridized carbons (Fsp3) is 0.258. The van der Waals surface area contributed by atoms with Gasteiger partial charge in [0.15, 0.2) is 0 Å². The lowest BCUT2D eigenvalue weighted by atomic mass is 9.88. The molecule has 5 rings (SSSR count). The third kappa shape index (κ3) is 3.46. The van der Waals surface area contributed by atoms with Crippen LogP contribution in [0.1, 0.15) is 50.3 Å². The number of hydrogen-bond acceptors (Lipinski definition) is 1. The number of aromatic nitrogens is 1. The van der Waals surface area contributed by atoms with Gasteiger partial charge in [-0.05, 0) is 87.0 Å². The van der Waals surface area contributed by atoms with Gasteiger partial charge in [-0.3, -0.25) is 4.98 Å². The van der Waals surface area contributed by atoms with Crippen molar-refractivity contribution in [2.24, 2.45) is 5.92 Å². The smallest absolute Gasteiger partial charge is 0.0780 e. The van der Waals surface area contributed by atoms with Gasteiger partial charge in [-0.25, -0.2) is 0 Å². The van der Waals surface area contributed by atoms with Crippen molar-refractivity contribution in [3.8, 4) is 11.3 Å². The Morgan fingerprint density at radius 3 is 2.31 bits per heavy atom. The van der Waals surface area contributed by atoms with Crippen LogP contribution in [0.3, 0.4) is 0 Å². The summed E-state index contributed by atoms with van der Waals surface area (Å²) in [5, 5.41) is 7.88. The van der Waals surface area contributed by atoms with Crippen LogP contribution in [0, 0.1) is 12.8 Å². The minimum absolute atomic E-state index is 0.516. The monoisotopic (exact) mass is 417 g/mol. The van der Waals surface area contributed by atoms with Crippen molar-refractivity contribution in [3.63, 3.8) is 0 Å². The van der Waals surface area contributed by atoms with Gasteiger partial charge in [0.1, 0.15) is 0 Å². The maximum absolute atomic E-state index is 4.88. The summed E-state index contributed by atoms with van der Waals surface area (Å²) in [4.78, 5) is 4.88. The van der Waals surface area contributed by atoms with E-state index >= 15 is 0 Å². The van der Waals surface area contributed by atoms with Crippen molar-refractivity contribution in [2.45, 2.75) is 47.0 Å². The number of benzene rings is 4. The molecule has 0 N–H and O–H groups in total. The summed E-state index contributed by atoms with van der Waals surface area (Å²) in [6, 6.07) is 24.7. The number of rotatable bonds is 4. The lowest BCUT2D eigenvalue weighted by Crippen LogP contribution is -1.98. The van der Waals surface area contributed by atoms with Crippen LogP contribution in [0.25, 0.3) is 43.6 Å². The van der Waals surface area contributed by atoms with Gasteiger partial charge in [-0.2, -0.15) is 0 Å². The Bertz CT molecular complexity index is 1460. The van der Waals surface area contributed by atoms with Gasteiger partial charge in [-0.15, -0.1) is 0 Å². The highest BCUT2D eigenvalue weighted by Crippen LogP contribution is 2.37. The number of pyridine rings is 1. The first kappa shape index (κ1) is 20.7. The van der Waals surface area contributed by atoms with Crippen LogP contribution in [0.4, 0.5) is 0 Å². The summed E-state index contributed by atoms with van der Waals surface area (Å²) in [5.74, 6) is 1.10. The Hall–Kier alpha value is -3.19. The molecule has 0 unspecified atom stereocenters. The predicted molar refractivity (Wildman–Crippen MR) is 140 cm³/mol. The van der Waals surface area contributed by atoms with Crippen LogP contribution < -0.4 is 0 Å². The highest BCUT2D eigenvalue weighted by atomic mass is 14.7. The van der Waals surface area contributed by atoms with E-state index in [0.717, 1.165) is 12.1 Å². The molecule has 0 aliphatic carbocycles. The first-order valence-corrected chi connectivity index (χ1v) is 11.8. The largest absolute Gasteiger partial charge is 0.256 e. The second-order valence-electron chi connectivity index (χ2n) is 9.81. The Morgan fingerprint density at radius 2 is 1.53 bits per heavy atom. The van der Waals surface area contributed by atoms with Crippen molar-refractivity contribution in [3.05, 3.63) is 89.6 Å². The van der Waals surface area contributed by atoms with Crippen molar-refractivity contribution < 1.29 is 0 Å². The molecule has 0 saturated heterocycles. The molecule has 0 saturated carbocycles. The van der Waals surface area contributed by atoms with E-state index in [4.69, 9.17) is 4.98 Å². The van der Waals surface area contributed by atoms with Gasteiger partial charge >= 0.3 is 0 Å². The molecule has 0 fully saturated rings. The summed E-state index contributed by atoms with van der Waals surface area (Å²) in [5.41, 5.74) is 6.50. The molecule has 4 aromatic carbocycles. The predicted octanol–water partition coefficient (Wildman–Crippen LogP) is 8.84. The first-order chi connectivity index (χ1) is 15.4. The lowest BCUT2D eigenvalue weighted by Gasteiger charge is -2.17. The molecule has 0 amide bonds. The molecule has 1 heteroatoms. The summed E-state index contributed by atoms with van der Waals surface area (Å²) in [6.07, 6.45) is 3.03. The maximum Gasteiger partial charge on any atom is 0.0780 e. The molecule has 0 aliphatic heterocycles. The second kappa shape index (κ2) is 8.06. The van der Waals surface area contributed by atoms with E-state index in [2.05, 4.69) is 101 Å². The van der Waals surface area contributed by atoms with Crippen molar-refractivity contribution in [1.29, 1.82) is 0 Å². The van der Waals surface area contributed by atoms with Gasteiger partial charge in [0.25, 0.3) is 0 Å². The standard InChI is InChI=1S/C31H31N/c1-19(2)16-24-18-25(17-23-11-10-22-8-6-7-9-28(22)30(23)24)31-29-13-12-26(20(3)4)21(5)27(29)14-15-32-31/h6-15,17-20H,16H2,1-5H3. The Labute approximate surface area is 191 Å². The van der Waals surface area contributed by atoms with E-state index in [9.17, 15) is 0 Å². The molecule has 1 aromatic heterocycles. The molecule has 0 atom stereocenters. The Balaban J connectivity index is 1.81. The molecule has 0 aliphatic rings. The van der Waals surface area contributed by atoms with Crippen molar-refractivity contribution >= 4 is 32.3 Å². The van der Waals surface area contributed by atoms with Gasteiger partial charge in [0.2, 0.25) is 0 Å². The van der Waals surface area contributed by atoms with E-state index in [0.29, 0.717) is 11.8 Å². The Kier molecular flexibility index (Phi) is 5.21. The number of nitrogens with zero attached hydrogens (tertiary/aromatic N) is 1. The number of fused-ring (bicyclic) bond motifs is 4.